The first-order valence-corrected chi connectivity index (χ1v) is 8.82. The van der Waals surface area contributed by atoms with Crippen molar-refractivity contribution in [3.63, 3.8) is 0 Å². The van der Waals surface area contributed by atoms with Crippen LogP contribution in [0.5, 0.6) is 0 Å². The number of fused-ring (bicyclic) bond motifs is 1. The van der Waals surface area contributed by atoms with Crippen LogP contribution in [0.4, 0.5) is 0 Å². The van der Waals surface area contributed by atoms with Gasteiger partial charge in [-0.15, -0.1) is 0 Å². The highest BCUT2D eigenvalue weighted by Gasteiger charge is 2.26. The van der Waals surface area contributed by atoms with Crippen LogP contribution in [0, 0.1) is 5.92 Å². The summed E-state index contributed by atoms with van der Waals surface area (Å²) in [5.74, 6) is 0.121. The molecule has 130 valence electrons. The molecule has 0 spiro atoms. The minimum absolute atomic E-state index is 0.0133. The predicted molar refractivity (Wildman–Crippen MR) is 102 cm³/mol. The van der Waals surface area contributed by atoms with E-state index in [2.05, 4.69) is 10.3 Å². The average molecular weight is 356 g/mol. The maximum Gasteiger partial charge on any atom is 0.243 e. The van der Waals surface area contributed by atoms with Crippen molar-refractivity contribution in [1.82, 2.24) is 14.9 Å². The molecule has 4 nitrogen and oxygen atoms in total. The number of rotatable bonds is 5. The minimum Gasteiger partial charge on any atom is -0.348 e. The maximum atomic E-state index is 13.0. The lowest BCUT2D eigenvalue weighted by atomic mass is 10.0. The van der Waals surface area contributed by atoms with Gasteiger partial charge in [0.2, 0.25) is 5.91 Å². The number of benzene rings is 2. The Morgan fingerprint density at radius 2 is 1.76 bits per heavy atom. The van der Waals surface area contributed by atoms with Crippen LogP contribution in [-0.4, -0.2) is 15.5 Å². The smallest absolute Gasteiger partial charge is 0.243 e. The third-order valence-electron chi connectivity index (χ3n) is 4.41. The molecule has 1 amide bonds. The van der Waals surface area contributed by atoms with Gasteiger partial charge < -0.3 is 9.88 Å². The molecule has 2 atom stereocenters. The number of carbonyl (C=O) groups excluding carboxylic acids is 1. The summed E-state index contributed by atoms with van der Waals surface area (Å²) in [4.78, 5) is 17.4. The van der Waals surface area contributed by atoms with Gasteiger partial charge in [-0.05, 0) is 42.7 Å². The molecule has 0 unspecified atom stereocenters. The van der Waals surface area contributed by atoms with Gasteiger partial charge in [-0.1, -0.05) is 49.7 Å². The van der Waals surface area contributed by atoms with E-state index >= 15 is 0 Å². The van der Waals surface area contributed by atoms with Crippen LogP contribution in [0.3, 0.4) is 0 Å². The number of nitrogens with one attached hydrogen (secondary N) is 1. The molecule has 3 rings (SSSR count). The minimum atomic E-state index is -0.317. The quantitative estimate of drug-likeness (QED) is 0.717. The molecule has 1 aromatic heterocycles. The summed E-state index contributed by atoms with van der Waals surface area (Å²) in [5.41, 5.74) is 2.89. The lowest BCUT2D eigenvalue weighted by Gasteiger charge is -2.25. The average Bonchev–Trinajstić information content (AvgIpc) is 2.99. The Bertz CT molecular complexity index is 870. The van der Waals surface area contributed by atoms with Gasteiger partial charge in [0.15, 0.2) is 0 Å². The zero-order valence-corrected chi connectivity index (χ0v) is 15.4. The van der Waals surface area contributed by atoms with E-state index in [0.717, 1.165) is 16.6 Å². The van der Waals surface area contributed by atoms with E-state index in [1.807, 2.05) is 73.9 Å². The van der Waals surface area contributed by atoms with Gasteiger partial charge in [0.05, 0.1) is 23.4 Å². The Morgan fingerprint density at radius 1 is 1.08 bits per heavy atom. The van der Waals surface area contributed by atoms with Crippen molar-refractivity contribution in [2.75, 3.05) is 0 Å². The Morgan fingerprint density at radius 3 is 2.44 bits per heavy atom. The van der Waals surface area contributed by atoms with Gasteiger partial charge in [0.25, 0.3) is 0 Å². The second kappa shape index (κ2) is 7.28. The molecule has 0 bridgehead atoms. The normalized spacial score (nSPS) is 13.8. The number of halogens is 1. The fourth-order valence-electron chi connectivity index (χ4n) is 3.08. The van der Waals surface area contributed by atoms with Crippen LogP contribution in [0.1, 0.15) is 38.4 Å². The first-order valence-electron chi connectivity index (χ1n) is 8.45. The van der Waals surface area contributed by atoms with Crippen LogP contribution in [-0.2, 0) is 4.79 Å². The van der Waals surface area contributed by atoms with Crippen LogP contribution < -0.4 is 5.32 Å². The zero-order chi connectivity index (χ0) is 18.0. The lowest BCUT2D eigenvalue weighted by molar-refractivity contribution is -0.126. The Balaban J connectivity index is 1.85. The molecular formula is C20H22ClN3O. The van der Waals surface area contributed by atoms with Crippen LogP contribution in [0.2, 0.25) is 5.02 Å². The van der Waals surface area contributed by atoms with E-state index in [9.17, 15) is 4.79 Å². The molecule has 0 saturated carbocycles. The van der Waals surface area contributed by atoms with Crippen molar-refractivity contribution in [2.24, 2.45) is 5.92 Å². The molecular weight excluding hydrogens is 334 g/mol. The van der Waals surface area contributed by atoms with Crippen molar-refractivity contribution >= 4 is 28.5 Å². The summed E-state index contributed by atoms with van der Waals surface area (Å²) < 4.78 is 1.96. The molecule has 0 aliphatic rings. The first kappa shape index (κ1) is 17.5. The molecule has 2 aromatic carbocycles. The van der Waals surface area contributed by atoms with E-state index in [4.69, 9.17) is 11.6 Å². The highest BCUT2D eigenvalue weighted by Crippen LogP contribution is 2.25. The van der Waals surface area contributed by atoms with Gasteiger partial charge in [-0.25, -0.2) is 4.98 Å². The van der Waals surface area contributed by atoms with E-state index in [0.29, 0.717) is 5.02 Å². The van der Waals surface area contributed by atoms with Crippen LogP contribution in [0.25, 0.3) is 11.0 Å². The maximum absolute atomic E-state index is 13.0. The Hall–Kier alpha value is -2.33. The topological polar surface area (TPSA) is 46.9 Å². The molecule has 1 N–H and O–H groups in total. The molecule has 5 heteroatoms. The van der Waals surface area contributed by atoms with Gasteiger partial charge in [0, 0.05) is 5.02 Å². The van der Waals surface area contributed by atoms with Crippen molar-refractivity contribution in [3.8, 4) is 0 Å². The second-order valence-electron chi connectivity index (χ2n) is 6.61. The number of hydrogen-bond donors (Lipinski definition) is 1. The number of nitrogens with zero attached hydrogens (tertiary/aromatic N) is 2. The molecule has 3 aromatic rings. The van der Waals surface area contributed by atoms with Gasteiger partial charge in [0.1, 0.15) is 6.04 Å². The standard InChI is InChI=1S/C20H22ClN3O/c1-13(2)19(24-12-22-17-6-4-5-7-18(17)24)20(25)23-14(3)15-8-10-16(21)11-9-15/h4-14,19H,1-3H3,(H,23,25)/t14-,19+/m0/s1. The monoisotopic (exact) mass is 355 g/mol. The third kappa shape index (κ3) is 3.69. The SMILES string of the molecule is CC(C)[C@H](C(=O)N[C@@H](C)c1ccc(Cl)cc1)n1cnc2ccccc21. The number of aromatic nitrogens is 2. The molecule has 0 saturated heterocycles. The van der Waals surface area contributed by atoms with Gasteiger partial charge in [-0.2, -0.15) is 0 Å². The number of hydrogen-bond acceptors (Lipinski definition) is 2. The lowest BCUT2D eigenvalue weighted by Crippen LogP contribution is -2.36. The fourth-order valence-corrected chi connectivity index (χ4v) is 3.21. The summed E-state index contributed by atoms with van der Waals surface area (Å²) in [6, 6.07) is 15.0. The third-order valence-corrected chi connectivity index (χ3v) is 4.66. The molecule has 0 aliphatic carbocycles. The molecule has 1 heterocycles. The van der Waals surface area contributed by atoms with E-state index in [1.165, 1.54) is 0 Å². The number of imidazole rings is 1. The van der Waals surface area contributed by atoms with Crippen molar-refractivity contribution in [2.45, 2.75) is 32.9 Å². The summed E-state index contributed by atoms with van der Waals surface area (Å²) in [6.45, 7) is 6.07. The summed E-state index contributed by atoms with van der Waals surface area (Å²) >= 11 is 5.94. The van der Waals surface area contributed by atoms with E-state index < -0.39 is 0 Å². The molecule has 25 heavy (non-hydrogen) atoms. The molecule has 0 radical (unpaired) electrons. The highest BCUT2D eigenvalue weighted by atomic mass is 35.5. The van der Waals surface area contributed by atoms with Crippen molar-refractivity contribution < 1.29 is 4.79 Å². The summed E-state index contributed by atoms with van der Waals surface area (Å²) in [6.07, 6.45) is 1.75. The Kier molecular flexibility index (Phi) is 5.09. The summed E-state index contributed by atoms with van der Waals surface area (Å²) in [5, 5.41) is 3.81. The molecule has 0 aliphatic heterocycles. The molecule has 0 fully saturated rings. The van der Waals surface area contributed by atoms with Crippen LogP contribution in [0.15, 0.2) is 54.9 Å². The van der Waals surface area contributed by atoms with Crippen molar-refractivity contribution in [1.29, 1.82) is 0 Å². The number of amides is 1. The number of carbonyl (C=O) groups is 1. The van der Waals surface area contributed by atoms with Crippen molar-refractivity contribution in [3.05, 3.63) is 65.4 Å². The number of para-hydroxylation sites is 2. The van der Waals surface area contributed by atoms with Gasteiger partial charge in [-0.3, -0.25) is 4.79 Å². The largest absolute Gasteiger partial charge is 0.348 e. The van der Waals surface area contributed by atoms with Crippen LogP contribution >= 0.6 is 11.6 Å². The van der Waals surface area contributed by atoms with E-state index in [1.54, 1.807) is 6.33 Å². The van der Waals surface area contributed by atoms with Gasteiger partial charge >= 0.3 is 0 Å². The fraction of sp³-hybridized carbons (Fsp3) is 0.300. The zero-order valence-electron chi connectivity index (χ0n) is 14.6. The second-order valence-corrected chi connectivity index (χ2v) is 7.05. The summed E-state index contributed by atoms with van der Waals surface area (Å²) in [7, 11) is 0. The first-order chi connectivity index (χ1) is 12.0. The Labute approximate surface area is 152 Å². The predicted octanol–water partition coefficient (Wildman–Crippen LogP) is 4.76. The highest BCUT2D eigenvalue weighted by molar-refractivity contribution is 6.30. The van der Waals surface area contributed by atoms with E-state index in [-0.39, 0.29) is 23.9 Å².